The molecule has 1 fully saturated rings. The van der Waals surface area contributed by atoms with E-state index in [9.17, 15) is 0 Å². The third-order valence-corrected chi connectivity index (χ3v) is 5.43. The van der Waals surface area contributed by atoms with Crippen molar-refractivity contribution in [3.8, 4) is 0 Å². The topological polar surface area (TPSA) is 3.24 Å². The van der Waals surface area contributed by atoms with Gasteiger partial charge in [-0.25, -0.2) is 0 Å². The summed E-state index contributed by atoms with van der Waals surface area (Å²) in [6.45, 7) is 8.29. The molecule has 1 saturated carbocycles. The van der Waals surface area contributed by atoms with Crippen molar-refractivity contribution in [1.82, 2.24) is 4.90 Å². The van der Waals surface area contributed by atoms with Gasteiger partial charge in [-0.15, -0.1) is 0 Å². The molecule has 1 aliphatic carbocycles. The SMILES string of the molecule is CC(C)C(C)[C@H]1CC[C@@H](N(C)Cc2ccccc2)CC1. The molecule has 2 rings (SSSR count). The van der Waals surface area contributed by atoms with Gasteiger partial charge in [0.1, 0.15) is 0 Å². The minimum atomic E-state index is 0.783. The molecular formula is C19H31N. The molecule has 1 aromatic rings. The molecule has 0 N–H and O–H groups in total. The van der Waals surface area contributed by atoms with E-state index in [1.807, 2.05) is 0 Å². The fourth-order valence-corrected chi connectivity index (χ4v) is 3.61. The maximum absolute atomic E-state index is 2.56. The van der Waals surface area contributed by atoms with E-state index in [4.69, 9.17) is 0 Å². The van der Waals surface area contributed by atoms with Gasteiger partial charge in [-0.2, -0.15) is 0 Å². The van der Waals surface area contributed by atoms with Gasteiger partial charge >= 0.3 is 0 Å². The van der Waals surface area contributed by atoms with Crippen molar-refractivity contribution in [2.45, 2.75) is 59.0 Å². The first-order chi connectivity index (χ1) is 9.58. The minimum absolute atomic E-state index is 0.783. The van der Waals surface area contributed by atoms with Crippen molar-refractivity contribution in [2.24, 2.45) is 17.8 Å². The largest absolute Gasteiger partial charge is 0.299 e. The van der Waals surface area contributed by atoms with Crippen molar-refractivity contribution < 1.29 is 0 Å². The van der Waals surface area contributed by atoms with Gasteiger partial charge in [-0.05, 0) is 56.0 Å². The molecule has 1 atom stereocenters. The Balaban J connectivity index is 1.81. The summed E-state index contributed by atoms with van der Waals surface area (Å²) in [4.78, 5) is 2.56. The van der Waals surface area contributed by atoms with Crippen molar-refractivity contribution in [1.29, 1.82) is 0 Å². The maximum atomic E-state index is 2.56. The van der Waals surface area contributed by atoms with Gasteiger partial charge in [0, 0.05) is 12.6 Å². The van der Waals surface area contributed by atoms with Crippen LogP contribution in [-0.4, -0.2) is 18.0 Å². The highest BCUT2D eigenvalue weighted by Crippen LogP contribution is 2.35. The number of benzene rings is 1. The Morgan fingerprint density at radius 1 is 1.00 bits per heavy atom. The summed E-state index contributed by atoms with van der Waals surface area (Å²) in [5.41, 5.74) is 1.44. The van der Waals surface area contributed by atoms with Gasteiger partial charge in [0.05, 0.1) is 0 Å². The van der Waals surface area contributed by atoms with Gasteiger partial charge in [0.15, 0.2) is 0 Å². The van der Waals surface area contributed by atoms with E-state index >= 15 is 0 Å². The molecule has 0 saturated heterocycles. The fraction of sp³-hybridized carbons (Fsp3) is 0.684. The van der Waals surface area contributed by atoms with Gasteiger partial charge in [-0.3, -0.25) is 4.90 Å². The van der Waals surface area contributed by atoms with E-state index in [1.165, 1.54) is 31.2 Å². The molecule has 112 valence electrons. The van der Waals surface area contributed by atoms with E-state index in [2.05, 4.69) is 63.1 Å². The highest BCUT2D eigenvalue weighted by Gasteiger charge is 2.28. The average Bonchev–Trinajstić information content (AvgIpc) is 2.47. The van der Waals surface area contributed by atoms with Crippen molar-refractivity contribution in [2.75, 3.05) is 7.05 Å². The first-order valence-corrected chi connectivity index (χ1v) is 8.32. The Morgan fingerprint density at radius 2 is 1.60 bits per heavy atom. The lowest BCUT2D eigenvalue weighted by Gasteiger charge is -2.38. The number of rotatable bonds is 5. The molecule has 1 heteroatoms. The zero-order chi connectivity index (χ0) is 14.5. The lowest BCUT2D eigenvalue weighted by molar-refractivity contribution is 0.125. The average molecular weight is 273 g/mol. The van der Waals surface area contributed by atoms with E-state index in [1.54, 1.807) is 0 Å². The lowest BCUT2D eigenvalue weighted by Crippen LogP contribution is -2.36. The van der Waals surface area contributed by atoms with E-state index in [0.29, 0.717) is 0 Å². The van der Waals surface area contributed by atoms with Crippen molar-refractivity contribution in [3.05, 3.63) is 35.9 Å². The summed E-state index contributed by atoms with van der Waals surface area (Å²) in [6.07, 6.45) is 5.60. The van der Waals surface area contributed by atoms with Gasteiger partial charge in [0.25, 0.3) is 0 Å². The Labute approximate surface area is 125 Å². The van der Waals surface area contributed by atoms with E-state index < -0.39 is 0 Å². The molecule has 0 amide bonds. The summed E-state index contributed by atoms with van der Waals surface area (Å²) in [7, 11) is 2.30. The van der Waals surface area contributed by atoms with Crippen molar-refractivity contribution in [3.63, 3.8) is 0 Å². The summed E-state index contributed by atoms with van der Waals surface area (Å²) in [5.74, 6) is 2.67. The first-order valence-electron chi connectivity index (χ1n) is 8.32. The highest BCUT2D eigenvalue weighted by molar-refractivity contribution is 5.14. The number of hydrogen-bond donors (Lipinski definition) is 0. The van der Waals surface area contributed by atoms with Crippen LogP contribution >= 0.6 is 0 Å². The van der Waals surface area contributed by atoms with Crippen LogP contribution in [0.2, 0.25) is 0 Å². The molecule has 0 aromatic heterocycles. The van der Waals surface area contributed by atoms with Gasteiger partial charge < -0.3 is 0 Å². The Kier molecular flexibility index (Phi) is 5.65. The van der Waals surface area contributed by atoms with E-state index in [0.717, 1.165) is 30.3 Å². The maximum Gasteiger partial charge on any atom is 0.0233 e. The molecule has 1 unspecified atom stereocenters. The Morgan fingerprint density at radius 3 is 2.15 bits per heavy atom. The van der Waals surface area contributed by atoms with Crippen LogP contribution in [-0.2, 0) is 6.54 Å². The fourth-order valence-electron chi connectivity index (χ4n) is 3.61. The number of nitrogens with zero attached hydrogens (tertiary/aromatic N) is 1. The molecule has 0 bridgehead atoms. The third-order valence-electron chi connectivity index (χ3n) is 5.43. The summed E-state index contributed by atoms with van der Waals surface area (Å²) in [6, 6.07) is 11.6. The van der Waals surface area contributed by atoms with Crippen LogP contribution in [0.1, 0.15) is 52.0 Å². The molecular weight excluding hydrogens is 242 g/mol. The van der Waals surface area contributed by atoms with Crippen LogP contribution in [0.4, 0.5) is 0 Å². The molecule has 0 aliphatic heterocycles. The predicted octanol–water partition coefficient (Wildman–Crippen LogP) is 4.97. The standard InChI is InChI=1S/C19H31N/c1-15(2)16(3)18-10-12-19(13-11-18)20(4)14-17-8-6-5-7-9-17/h5-9,15-16,18-19H,10-14H2,1-4H3/t16?,18-,19+. The molecule has 0 radical (unpaired) electrons. The Hall–Kier alpha value is -0.820. The van der Waals surface area contributed by atoms with Crippen LogP contribution in [0.25, 0.3) is 0 Å². The zero-order valence-electron chi connectivity index (χ0n) is 13.7. The molecule has 1 aliphatic rings. The van der Waals surface area contributed by atoms with Crippen LogP contribution in [0.15, 0.2) is 30.3 Å². The lowest BCUT2D eigenvalue weighted by atomic mass is 9.74. The van der Waals surface area contributed by atoms with Crippen molar-refractivity contribution >= 4 is 0 Å². The van der Waals surface area contributed by atoms with E-state index in [-0.39, 0.29) is 0 Å². The Bertz CT molecular complexity index is 376. The summed E-state index contributed by atoms with van der Waals surface area (Å²) in [5, 5.41) is 0. The normalized spacial score (nSPS) is 25.1. The minimum Gasteiger partial charge on any atom is -0.299 e. The molecule has 0 heterocycles. The monoisotopic (exact) mass is 273 g/mol. The second-order valence-electron chi connectivity index (χ2n) is 7.07. The van der Waals surface area contributed by atoms with Crippen LogP contribution in [0.5, 0.6) is 0 Å². The summed E-state index contributed by atoms with van der Waals surface area (Å²) >= 11 is 0. The molecule has 1 nitrogen and oxygen atoms in total. The third kappa shape index (κ3) is 4.09. The highest BCUT2D eigenvalue weighted by atomic mass is 15.1. The number of hydrogen-bond acceptors (Lipinski definition) is 1. The van der Waals surface area contributed by atoms with Crippen LogP contribution in [0, 0.1) is 17.8 Å². The molecule has 1 aromatic carbocycles. The smallest absolute Gasteiger partial charge is 0.0233 e. The molecule has 0 spiro atoms. The van der Waals surface area contributed by atoms with Gasteiger partial charge in [-0.1, -0.05) is 51.1 Å². The second-order valence-corrected chi connectivity index (χ2v) is 7.07. The quantitative estimate of drug-likeness (QED) is 0.732. The second kappa shape index (κ2) is 7.26. The first kappa shape index (κ1) is 15.6. The van der Waals surface area contributed by atoms with Crippen LogP contribution in [0.3, 0.4) is 0 Å². The summed E-state index contributed by atoms with van der Waals surface area (Å²) < 4.78 is 0. The van der Waals surface area contributed by atoms with Crippen LogP contribution < -0.4 is 0 Å². The zero-order valence-corrected chi connectivity index (χ0v) is 13.7. The van der Waals surface area contributed by atoms with Gasteiger partial charge in [0.2, 0.25) is 0 Å². The molecule has 20 heavy (non-hydrogen) atoms. The predicted molar refractivity (Wildman–Crippen MR) is 87.7 cm³/mol.